The van der Waals surface area contributed by atoms with Crippen LogP contribution in [0.2, 0.25) is 0 Å². The fourth-order valence-corrected chi connectivity index (χ4v) is 2.98. The van der Waals surface area contributed by atoms with E-state index in [-0.39, 0.29) is 0 Å². The number of fused-ring (bicyclic) bond motifs is 1. The summed E-state index contributed by atoms with van der Waals surface area (Å²) < 4.78 is 0. The van der Waals surface area contributed by atoms with Crippen LogP contribution in [0.5, 0.6) is 0 Å². The van der Waals surface area contributed by atoms with Crippen molar-refractivity contribution in [2.45, 2.75) is 34.6 Å². The molecule has 0 unspecified atom stereocenters. The van der Waals surface area contributed by atoms with Crippen LogP contribution >= 0.6 is 0 Å². The Bertz CT molecular complexity index is 844. The predicted molar refractivity (Wildman–Crippen MR) is 90.9 cm³/mol. The first-order valence-corrected chi connectivity index (χ1v) is 7.42. The van der Waals surface area contributed by atoms with Gasteiger partial charge in [-0.15, -0.1) is 0 Å². The second kappa shape index (κ2) is 5.00. The van der Waals surface area contributed by atoms with Gasteiger partial charge >= 0.3 is 0 Å². The van der Waals surface area contributed by atoms with Gasteiger partial charge in [0, 0.05) is 10.9 Å². The fraction of sp³-hybridized carbons (Fsp3) is 0.250. The third kappa shape index (κ3) is 2.44. The van der Waals surface area contributed by atoms with Crippen LogP contribution in [0.1, 0.15) is 27.8 Å². The van der Waals surface area contributed by atoms with Crippen molar-refractivity contribution in [2.24, 2.45) is 0 Å². The normalized spacial score (nSPS) is 11.1. The van der Waals surface area contributed by atoms with E-state index < -0.39 is 0 Å². The molecule has 0 saturated carbocycles. The molecule has 1 heterocycles. The van der Waals surface area contributed by atoms with E-state index in [1.165, 1.54) is 38.8 Å². The van der Waals surface area contributed by atoms with Crippen LogP contribution in [-0.4, -0.2) is 4.98 Å². The molecule has 0 N–H and O–H groups in total. The average Bonchev–Trinajstić information content (AvgIpc) is 2.42. The summed E-state index contributed by atoms with van der Waals surface area (Å²) in [5.41, 5.74) is 9.88. The summed E-state index contributed by atoms with van der Waals surface area (Å²) in [5.74, 6) is 0. The van der Waals surface area contributed by atoms with Crippen LogP contribution in [0.3, 0.4) is 0 Å². The smallest absolute Gasteiger partial charge is 0.0714 e. The van der Waals surface area contributed by atoms with Gasteiger partial charge in [-0.1, -0.05) is 18.2 Å². The summed E-state index contributed by atoms with van der Waals surface area (Å²) in [7, 11) is 0. The number of pyridine rings is 1. The maximum atomic E-state index is 4.90. The van der Waals surface area contributed by atoms with E-state index in [1.807, 2.05) is 0 Å². The van der Waals surface area contributed by atoms with Crippen molar-refractivity contribution in [1.82, 2.24) is 4.98 Å². The second-order valence-electron chi connectivity index (χ2n) is 6.10. The highest BCUT2D eigenvalue weighted by Crippen LogP contribution is 2.28. The summed E-state index contributed by atoms with van der Waals surface area (Å²) in [6, 6.07) is 13.2. The van der Waals surface area contributed by atoms with Crippen molar-refractivity contribution in [1.29, 1.82) is 0 Å². The second-order valence-corrected chi connectivity index (χ2v) is 6.10. The molecule has 1 heteroatoms. The van der Waals surface area contributed by atoms with Crippen molar-refractivity contribution in [3.05, 3.63) is 64.2 Å². The van der Waals surface area contributed by atoms with Gasteiger partial charge in [-0.25, -0.2) is 4.98 Å². The zero-order chi connectivity index (χ0) is 15.1. The van der Waals surface area contributed by atoms with Gasteiger partial charge in [0.25, 0.3) is 0 Å². The lowest BCUT2D eigenvalue weighted by atomic mass is 9.97. The molecular weight excluding hydrogens is 254 g/mol. The number of aromatic nitrogens is 1. The summed E-state index contributed by atoms with van der Waals surface area (Å²) in [4.78, 5) is 4.90. The zero-order valence-corrected chi connectivity index (χ0v) is 13.4. The molecule has 0 aliphatic carbocycles. The van der Waals surface area contributed by atoms with E-state index in [4.69, 9.17) is 4.98 Å². The highest BCUT2D eigenvalue weighted by molar-refractivity contribution is 5.85. The minimum absolute atomic E-state index is 1.06. The number of nitrogens with zero attached hydrogens (tertiary/aromatic N) is 1. The molecule has 3 aromatic rings. The van der Waals surface area contributed by atoms with Crippen molar-refractivity contribution in [3.8, 4) is 11.3 Å². The summed E-state index contributed by atoms with van der Waals surface area (Å²) >= 11 is 0. The van der Waals surface area contributed by atoms with Crippen LogP contribution in [0.25, 0.3) is 22.2 Å². The topological polar surface area (TPSA) is 12.9 Å². The third-order valence-electron chi connectivity index (χ3n) is 4.27. The predicted octanol–water partition coefficient (Wildman–Crippen LogP) is 5.44. The highest BCUT2D eigenvalue weighted by atomic mass is 14.7. The van der Waals surface area contributed by atoms with Gasteiger partial charge in [-0.05, 0) is 80.6 Å². The Morgan fingerprint density at radius 3 is 2.14 bits per heavy atom. The van der Waals surface area contributed by atoms with Gasteiger partial charge in [-0.3, -0.25) is 0 Å². The van der Waals surface area contributed by atoms with Crippen LogP contribution in [0, 0.1) is 34.6 Å². The Morgan fingerprint density at radius 2 is 1.38 bits per heavy atom. The molecule has 0 saturated heterocycles. The molecule has 106 valence electrons. The molecule has 0 radical (unpaired) electrons. The molecule has 1 nitrogen and oxygen atoms in total. The number of benzene rings is 2. The molecule has 0 amide bonds. The van der Waals surface area contributed by atoms with Crippen LogP contribution in [-0.2, 0) is 0 Å². The maximum absolute atomic E-state index is 4.90. The summed E-state index contributed by atoms with van der Waals surface area (Å²) in [6.45, 7) is 10.8. The fourth-order valence-electron chi connectivity index (χ4n) is 2.98. The van der Waals surface area contributed by atoms with E-state index >= 15 is 0 Å². The average molecular weight is 275 g/mol. The first kappa shape index (κ1) is 13.8. The molecular formula is C20H21N. The lowest BCUT2D eigenvalue weighted by Gasteiger charge is -2.11. The lowest BCUT2D eigenvalue weighted by molar-refractivity contribution is 1.28. The van der Waals surface area contributed by atoms with Gasteiger partial charge < -0.3 is 0 Å². The molecule has 2 aromatic carbocycles. The Balaban J connectivity index is 2.24. The van der Waals surface area contributed by atoms with E-state index in [1.54, 1.807) is 0 Å². The maximum Gasteiger partial charge on any atom is 0.0714 e. The largest absolute Gasteiger partial charge is 0.248 e. The Morgan fingerprint density at radius 1 is 0.667 bits per heavy atom. The van der Waals surface area contributed by atoms with Gasteiger partial charge in [0.15, 0.2) is 0 Å². The van der Waals surface area contributed by atoms with E-state index in [9.17, 15) is 0 Å². The standard InChI is InChI=1S/C20H21N/c1-12-8-15(4)17-6-7-19(21-20(17)9-12)18-11-14(3)13(2)10-16(18)5/h6-11H,1-5H3. The van der Waals surface area contributed by atoms with Crippen LogP contribution < -0.4 is 0 Å². The highest BCUT2D eigenvalue weighted by Gasteiger charge is 2.08. The van der Waals surface area contributed by atoms with E-state index in [0.717, 1.165) is 11.2 Å². The van der Waals surface area contributed by atoms with Crippen LogP contribution in [0.4, 0.5) is 0 Å². The van der Waals surface area contributed by atoms with Gasteiger partial charge in [-0.2, -0.15) is 0 Å². The van der Waals surface area contributed by atoms with E-state index in [2.05, 4.69) is 71.0 Å². The quantitative estimate of drug-likeness (QED) is 0.576. The summed E-state index contributed by atoms with van der Waals surface area (Å²) in [6.07, 6.45) is 0. The van der Waals surface area contributed by atoms with Gasteiger partial charge in [0.1, 0.15) is 0 Å². The molecule has 21 heavy (non-hydrogen) atoms. The number of aryl methyl sites for hydroxylation is 5. The van der Waals surface area contributed by atoms with Crippen molar-refractivity contribution >= 4 is 10.9 Å². The third-order valence-corrected chi connectivity index (χ3v) is 4.27. The SMILES string of the molecule is Cc1cc(C)c2ccc(-c3cc(C)c(C)cc3C)nc2c1. The lowest BCUT2D eigenvalue weighted by Crippen LogP contribution is -1.93. The number of rotatable bonds is 1. The van der Waals surface area contributed by atoms with Crippen molar-refractivity contribution in [3.63, 3.8) is 0 Å². The Hall–Kier alpha value is -2.15. The molecule has 3 rings (SSSR count). The molecule has 1 aromatic heterocycles. The minimum Gasteiger partial charge on any atom is -0.248 e. The molecule has 0 aliphatic heterocycles. The molecule has 0 spiro atoms. The van der Waals surface area contributed by atoms with Crippen molar-refractivity contribution < 1.29 is 0 Å². The Labute approximate surface area is 126 Å². The number of hydrogen-bond acceptors (Lipinski definition) is 1. The van der Waals surface area contributed by atoms with Crippen LogP contribution in [0.15, 0.2) is 36.4 Å². The molecule has 0 aliphatic rings. The first-order valence-electron chi connectivity index (χ1n) is 7.42. The molecule has 0 fully saturated rings. The number of hydrogen-bond donors (Lipinski definition) is 0. The minimum atomic E-state index is 1.06. The Kier molecular flexibility index (Phi) is 3.29. The zero-order valence-electron chi connectivity index (χ0n) is 13.4. The van der Waals surface area contributed by atoms with Gasteiger partial charge in [0.05, 0.1) is 11.2 Å². The summed E-state index contributed by atoms with van der Waals surface area (Å²) in [5, 5.41) is 1.24. The monoisotopic (exact) mass is 275 g/mol. The molecule has 0 bridgehead atoms. The first-order chi connectivity index (χ1) is 9.95. The van der Waals surface area contributed by atoms with Gasteiger partial charge in [0.2, 0.25) is 0 Å². The molecule has 0 atom stereocenters. The van der Waals surface area contributed by atoms with E-state index in [0.29, 0.717) is 0 Å². The van der Waals surface area contributed by atoms with Crippen molar-refractivity contribution in [2.75, 3.05) is 0 Å².